The molecule has 0 aliphatic heterocycles. The Morgan fingerprint density at radius 1 is 0.708 bits per heavy atom. The minimum atomic E-state index is -1.19. The van der Waals surface area contributed by atoms with E-state index in [0.29, 0.717) is 13.2 Å². The average molecular weight is 317 g/mol. The summed E-state index contributed by atoms with van der Waals surface area (Å²) in [7, 11) is 0. The van der Waals surface area contributed by atoms with Crippen LogP contribution in [0.1, 0.15) is 22.3 Å². The van der Waals surface area contributed by atoms with Crippen molar-refractivity contribution in [3.63, 3.8) is 0 Å². The molecule has 3 aromatic rings. The number of ether oxygens (including phenoxy) is 1. The molecular formula is C22H21O2. The Labute approximate surface area is 143 Å². The van der Waals surface area contributed by atoms with Crippen LogP contribution in [0.25, 0.3) is 0 Å². The van der Waals surface area contributed by atoms with Crippen LogP contribution >= 0.6 is 0 Å². The van der Waals surface area contributed by atoms with E-state index in [4.69, 9.17) is 4.74 Å². The third kappa shape index (κ3) is 3.25. The minimum absolute atomic E-state index is 0.444. The molecule has 0 spiro atoms. The van der Waals surface area contributed by atoms with E-state index in [1.807, 2.05) is 84.9 Å². The number of hydrogen-bond acceptors (Lipinski definition) is 2. The van der Waals surface area contributed by atoms with Gasteiger partial charge in [-0.15, -0.1) is 0 Å². The topological polar surface area (TPSA) is 29.5 Å². The lowest BCUT2D eigenvalue weighted by atomic mass is 9.80. The summed E-state index contributed by atoms with van der Waals surface area (Å²) in [6.45, 7) is 4.65. The van der Waals surface area contributed by atoms with E-state index in [0.717, 1.165) is 22.3 Å². The van der Waals surface area contributed by atoms with Gasteiger partial charge in [-0.2, -0.15) is 0 Å². The van der Waals surface area contributed by atoms with Crippen molar-refractivity contribution in [2.75, 3.05) is 6.61 Å². The zero-order valence-electron chi connectivity index (χ0n) is 13.6. The molecule has 3 rings (SSSR count). The fraction of sp³-hybridized carbons (Fsp3) is 0.136. The van der Waals surface area contributed by atoms with E-state index in [9.17, 15) is 5.11 Å². The Hall–Kier alpha value is -2.42. The van der Waals surface area contributed by atoms with Crippen molar-refractivity contribution < 1.29 is 9.84 Å². The van der Waals surface area contributed by atoms with Crippen molar-refractivity contribution in [1.82, 2.24) is 0 Å². The standard InChI is InChI=1S/C22H21O2/c1-2-24-17-18-13-15-21(16-14-18)22(23,19-9-5-3-6-10-19)20-11-7-4-8-12-20/h3-16,23H,1-2,17H2. The Morgan fingerprint density at radius 3 is 1.62 bits per heavy atom. The molecule has 0 heterocycles. The summed E-state index contributed by atoms with van der Waals surface area (Å²) >= 11 is 0. The van der Waals surface area contributed by atoms with E-state index in [1.54, 1.807) is 0 Å². The number of benzene rings is 3. The van der Waals surface area contributed by atoms with Crippen LogP contribution in [0.3, 0.4) is 0 Å². The zero-order valence-corrected chi connectivity index (χ0v) is 13.6. The summed E-state index contributed by atoms with van der Waals surface area (Å²) in [6.07, 6.45) is 0. The van der Waals surface area contributed by atoms with Gasteiger partial charge in [0.05, 0.1) is 6.61 Å². The first-order valence-corrected chi connectivity index (χ1v) is 8.05. The molecule has 0 fully saturated rings. The van der Waals surface area contributed by atoms with Gasteiger partial charge in [-0.05, 0) is 29.2 Å². The van der Waals surface area contributed by atoms with Crippen molar-refractivity contribution in [3.8, 4) is 0 Å². The van der Waals surface area contributed by atoms with Crippen LogP contribution in [0, 0.1) is 6.92 Å². The van der Waals surface area contributed by atoms with Crippen LogP contribution < -0.4 is 0 Å². The Balaban J connectivity index is 2.06. The third-order valence-corrected chi connectivity index (χ3v) is 4.17. The highest BCUT2D eigenvalue weighted by atomic mass is 16.5. The molecule has 0 aromatic heterocycles. The normalized spacial score (nSPS) is 11.4. The number of hydrogen-bond donors (Lipinski definition) is 1. The molecule has 0 aliphatic carbocycles. The lowest BCUT2D eigenvalue weighted by Crippen LogP contribution is -2.28. The first kappa shape index (κ1) is 16.4. The maximum atomic E-state index is 11.7. The summed E-state index contributed by atoms with van der Waals surface area (Å²) in [6, 6.07) is 27.4. The van der Waals surface area contributed by atoms with Gasteiger partial charge in [0.25, 0.3) is 0 Å². The van der Waals surface area contributed by atoms with Gasteiger partial charge in [-0.25, -0.2) is 0 Å². The molecule has 0 unspecified atom stereocenters. The fourth-order valence-electron chi connectivity index (χ4n) is 2.89. The highest BCUT2D eigenvalue weighted by Crippen LogP contribution is 2.36. The highest BCUT2D eigenvalue weighted by Gasteiger charge is 2.33. The van der Waals surface area contributed by atoms with Gasteiger partial charge in [0.15, 0.2) is 0 Å². The maximum absolute atomic E-state index is 11.7. The smallest absolute Gasteiger partial charge is 0.140 e. The molecule has 24 heavy (non-hydrogen) atoms. The van der Waals surface area contributed by atoms with E-state index < -0.39 is 5.60 Å². The second-order valence-corrected chi connectivity index (χ2v) is 5.69. The number of rotatable bonds is 6. The molecule has 0 saturated carbocycles. The Kier molecular flexibility index (Phi) is 5.09. The van der Waals surface area contributed by atoms with E-state index >= 15 is 0 Å². The first-order valence-electron chi connectivity index (χ1n) is 8.05. The predicted octanol–water partition coefficient (Wildman–Crippen LogP) is 4.32. The summed E-state index contributed by atoms with van der Waals surface area (Å²) in [5, 5.41) is 11.7. The molecule has 0 saturated heterocycles. The van der Waals surface area contributed by atoms with Gasteiger partial charge in [0.1, 0.15) is 5.60 Å². The minimum Gasteiger partial charge on any atom is -0.377 e. The van der Waals surface area contributed by atoms with E-state index in [1.165, 1.54) is 0 Å². The van der Waals surface area contributed by atoms with Crippen molar-refractivity contribution in [1.29, 1.82) is 0 Å². The van der Waals surface area contributed by atoms with Crippen molar-refractivity contribution in [2.24, 2.45) is 0 Å². The van der Waals surface area contributed by atoms with E-state index in [-0.39, 0.29) is 0 Å². The van der Waals surface area contributed by atoms with Gasteiger partial charge in [0.2, 0.25) is 0 Å². The molecule has 0 amide bonds. The Bertz CT molecular complexity index is 709. The summed E-state index contributed by atoms with van der Waals surface area (Å²) in [5.74, 6) is 0. The van der Waals surface area contributed by atoms with Crippen molar-refractivity contribution >= 4 is 0 Å². The van der Waals surface area contributed by atoms with Gasteiger partial charge in [-0.1, -0.05) is 84.9 Å². The van der Waals surface area contributed by atoms with Crippen LogP contribution in [0.2, 0.25) is 0 Å². The predicted molar refractivity (Wildman–Crippen MR) is 96.4 cm³/mol. The molecule has 2 nitrogen and oxygen atoms in total. The van der Waals surface area contributed by atoms with Crippen LogP contribution in [0.4, 0.5) is 0 Å². The Morgan fingerprint density at radius 2 is 1.17 bits per heavy atom. The first-order chi connectivity index (χ1) is 11.7. The monoisotopic (exact) mass is 317 g/mol. The van der Waals surface area contributed by atoms with Crippen LogP contribution in [-0.2, 0) is 16.9 Å². The van der Waals surface area contributed by atoms with Gasteiger partial charge in [-0.3, -0.25) is 0 Å². The van der Waals surface area contributed by atoms with Crippen LogP contribution in [0.15, 0.2) is 84.9 Å². The van der Waals surface area contributed by atoms with Gasteiger partial charge in [0, 0.05) is 6.61 Å². The molecule has 1 radical (unpaired) electrons. The number of aliphatic hydroxyl groups is 1. The summed E-state index contributed by atoms with van der Waals surface area (Å²) in [5.41, 5.74) is 2.40. The highest BCUT2D eigenvalue weighted by molar-refractivity contribution is 5.47. The fourth-order valence-corrected chi connectivity index (χ4v) is 2.89. The molecule has 121 valence electrons. The molecule has 0 atom stereocenters. The summed E-state index contributed by atoms with van der Waals surface area (Å²) in [4.78, 5) is 0. The molecule has 0 aliphatic rings. The largest absolute Gasteiger partial charge is 0.377 e. The van der Waals surface area contributed by atoms with Crippen LogP contribution in [0.5, 0.6) is 0 Å². The average Bonchev–Trinajstić information content (AvgIpc) is 2.67. The maximum Gasteiger partial charge on any atom is 0.140 e. The van der Waals surface area contributed by atoms with Crippen molar-refractivity contribution in [3.05, 3.63) is 114 Å². The SMILES string of the molecule is [CH2]COCc1ccc(C(O)(c2ccccc2)c2ccccc2)cc1. The summed E-state index contributed by atoms with van der Waals surface area (Å²) < 4.78 is 5.34. The van der Waals surface area contributed by atoms with Crippen LogP contribution in [-0.4, -0.2) is 11.7 Å². The van der Waals surface area contributed by atoms with E-state index in [2.05, 4.69) is 6.92 Å². The quantitative estimate of drug-likeness (QED) is 0.686. The lowest BCUT2D eigenvalue weighted by Gasteiger charge is -2.30. The second kappa shape index (κ2) is 7.43. The second-order valence-electron chi connectivity index (χ2n) is 5.69. The van der Waals surface area contributed by atoms with Gasteiger partial charge >= 0.3 is 0 Å². The molecule has 0 bridgehead atoms. The van der Waals surface area contributed by atoms with Crippen molar-refractivity contribution in [2.45, 2.75) is 12.2 Å². The molecular weight excluding hydrogens is 296 g/mol. The molecule has 1 N–H and O–H groups in total. The third-order valence-electron chi connectivity index (χ3n) is 4.17. The zero-order chi connectivity index (χ0) is 16.8. The lowest BCUT2D eigenvalue weighted by molar-refractivity contribution is 0.125. The molecule has 3 aromatic carbocycles. The van der Waals surface area contributed by atoms with Gasteiger partial charge < -0.3 is 9.84 Å². The molecule has 2 heteroatoms.